The number of amides is 1. The Labute approximate surface area is 81.7 Å². The third kappa shape index (κ3) is 2.65. The van der Waals surface area contributed by atoms with E-state index in [1.165, 1.54) is 18.3 Å². The number of hydrogen-bond acceptors (Lipinski definition) is 2. The fraction of sp³-hybridized carbons (Fsp3) is 0.200. The molecule has 4 heteroatoms. The summed E-state index contributed by atoms with van der Waals surface area (Å²) in [5.41, 5.74) is 0.625. The maximum atomic E-state index is 12.8. The van der Waals surface area contributed by atoms with Crippen LogP contribution in [0.4, 0.5) is 4.39 Å². The summed E-state index contributed by atoms with van der Waals surface area (Å²) in [5.74, 6) is -0.705. The average molecular weight is 194 g/mol. The van der Waals surface area contributed by atoms with E-state index in [1.54, 1.807) is 6.92 Å². The number of hydrogen-bond donors (Lipinski definition) is 1. The van der Waals surface area contributed by atoms with Gasteiger partial charge in [0.15, 0.2) is 0 Å². The molecule has 0 saturated carbocycles. The second-order valence-corrected chi connectivity index (χ2v) is 2.87. The molecule has 1 heterocycles. The van der Waals surface area contributed by atoms with Crippen molar-refractivity contribution < 1.29 is 9.18 Å². The van der Waals surface area contributed by atoms with E-state index in [0.29, 0.717) is 5.56 Å². The molecule has 0 aliphatic rings. The second kappa shape index (κ2) is 4.50. The van der Waals surface area contributed by atoms with Gasteiger partial charge in [-0.2, -0.15) is 0 Å². The van der Waals surface area contributed by atoms with E-state index in [1.807, 2.05) is 0 Å². The SMILES string of the molecule is C=CC(=O)N[C@H](C)c1cncc(F)c1. The first-order chi connectivity index (χ1) is 6.63. The molecule has 1 amide bonds. The highest BCUT2D eigenvalue weighted by molar-refractivity contribution is 5.87. The molecule has 0 spiro atoms. The quantitative estimate of drug-likeness (QED) is 0.742. The smallest absolute Gasteiger partial charge is 0.243 e. The van der Waals surface area contributed by atoms with E-state index >= 15 is 0 Å². The van der Waals surface area contributed by atoms with Crippen LogP contribution < -0.4 is 5.32 Å². The Bertz CT molecular complexity index is 352. The van der Waals surface area contributed by atoms with E-state index in [-0.39, 0.29) is 11.9 Å². The molecular weight excluding hydrogens is 183 g/mol. The lowest BCUT2D eigenvalue weighted by Gasteiger charge is -2.11. The molecule has 3 nitrogen and oxygen atoms in total. The molecule has 0 aliphatic carbocycles. The molecule has 0 aromatic carbocycles. The summed E-state index contributed by atoms with van der Waals surface area (Å²) in [6, 6.07) is 1.06. The van der Waals surface area contributed by atoms with Crippen LogP contribution in [0.1, 0.15) is 18.5 Å². The van der Waals surface area contributed by atoms with Crippen LogP contribution in [0.2, 0.25) is 0 Å². The zero-order chi connectivity index (χ0) is 10.6. The number of carbonyl (C=O) groups excluding carboxylic acids is 1. The normalized spacial score (nSPS) is 11.9. The number of nitrogens with one attached hydrogen (secondary N) is 1. The first-order valence-corrected chi connectivity index (χ1v) is 4.17. The van der Waals surface area contributed by atoms with Gasteiger partial charge in [0.2, 0.25) is 5.91 Å². The lowest BCUT2D eigenvalue weighted by atomic mass is 10.1. The number of halogens is 1. The van der Waals surface area contributed by atoms with Crippen LogP contribution in [0.3, 0.4) is 0 Å². The van der Waals surface area contributed by atoms with Crippen LogP contribution >= 0.6 is 0 Å². The van der Waals surface area contributed by atoms with Gasteiger partial charge in [0.05, 0.1) is 12.2 Å². The first-order valence-electron chi connectivity index (χ1n) is 4.17. The van der Waals surface area contributed by atoms with Gasteiger partial charge in [-0.1, -0.05) is 6.58 Å². The Balaban J connectivity index is 2.74. The third-order valence-corrected chi connectivity index (χ3v) is 1.77. The van der Waals surface area contributed by atoms with Crippen molar-refractivity contribution in [2.45, 2.75) is 13.0 Å². The molecule has 74 valence electrons. The minimum absolute atomic E-state index is 0.274. The molecule has 0 radical (unpaired) electrons. The van der Waals surface area contributed by atoms with Crippen molar-refractivity contribution in [1.29, 1.82) is 0 Å². The predicted molar refractivity (Wildman–Crippen MR) is 50.9 cm³/mol. The lowest BCUT2D eigenvalue weighted by Crippen LogP contribution is -2.24. The molecule has 0 aliphatic heterocycles. The van der Waals surface area contributed by atoms with Crippen molar-refractivity contribution in [3.63, 3.8) is 0 Å². The van der Waals surface area contributed by atoms with Gasteiger partial charge in [0.25, 0.3) is 0 Å². The second-order valence-electron chi connectivity index (χ2n) is 2.87. The highest BCUT2D eigenvalue weighted by Gasteiger charge is 2.07. The molecule has 0 unspecified atom stereocenters. The Morgan fingerprint density at radius 2 is 2.43 bits per heavy atom. The van der Waals surface area contributed by atoms with Gasteiger partial charge in [0, 0.05) is 6.20 Å². The van der Waals surface area contributed by atoms with E-state index in [9.17, 15) is 9.18 Å². The number of rotatable bonds is 3. The highest BCUT2D eigenvalue weighted by Crippen LogP contribution is 2.11. The summed E-state index contributed by atoms with van der Waals surface area (Å²) in [5, 5.41) is 2.61. The number of aromatic nitrogens is 1. The molecular formula is C10H11FN2O. The summed E-state index contributed by atoms with van der Waals surface area (Å²) < 4.78 is 12.8. The molecule has 0 fully saturated rings. The molecule has 1 aromatic rings. The van der Waals surface area contributed by atoms with Gasteiger partial charge in [0.1, 0.15) is 5.82 Å². The number of pyridine rings is 1. The van der Waals surface area contributed by atoms with Crippen molar-refractivity contribution in [2.75, 3.05) is 0 Å². The zero-order valence-electron chi connectivity index (χ0n) is 7.83. The Kier molecular flexibility index (Phi) is 3.34. The maximum absolute atomic E-state index is 12.8. The Morgan fingerprint density at radius 1 is 1.71 bits per heavy atom. The van der Waals surface area contributed by atoms with Gasteiger partial charge in [-0.25, -0.2) is 4.39 Å². The largest absolute Gasteiger partial charge is 0.346 e. The summed E-state index contributed by atoms with van der Waals surface area (Å²) in [7, 11) is 0. The van der Waals surface area contributed by atoms with Crippen molar-refractivity contribution >= 4 is 5.91 Å². The topological polar surface area (TPSA) is 42.0 Å². The van der Waals surface area contributed by atoms with Gasteiger partial charge in [-0.05, 0) is 24.6 Å². The van der Waals surface area contributed by atoms with Crippen LogP contribution in [-0.2, 0) is 4.79 Å². The minimum Gasteiger partial charge on any atom is -0.346 e. The third-order valence-electron chi connectivity index (χ3n) is 1.77. The van der Waals surface area contributed by atoms with Gasteiger partial charge in [-0.15, -0.1) is 0 Å². The van der Waals surface area contributed by atoms with Crippen molar-refractivity contribution in [2.24, 2.45) is 0 Å². The lowest BCUT2D eigenvalue weighted by molar-refractivity contribution is -0.117. The monoisotopic (exact) mass is 194 g/mol. The van der Waals surface area contributed by atoms with Gasteiger partial charge < -0.3 is 5.32 Å². The average Bonchev–Trinajstić information content (AvgIpc) is 2.17. The molecule has 1 N–H and O–H groups in total. The molecule has 0 saturated heterocycles. The molecule has 1 aromatic heterocycles. The fourth-order valence-corrected chi connectivity index (χ4v) is 1.02. The summed E-state index contributed by atoms with van der Waals surface area (Å²) >= 11 is 0. The van der Waals surface area contributed by atoms with Crippen LogP contribution in [0.5, 0.6) is 0 Å². The highest BCUT2D eigenvalue weighted by atomic mass is 19.1. The van der Waals surface area contributed by atoms with Crippen LogP contribution in [-0.4, -0.2) is 10.9 Å². The molecule has 14 heavy (non-hydrogen) atoms. The standard InChI is InChI=1S/C10H11FN2O/c1-3-10(14)13-7(2)8-4-9(11)6-12-5-8/h3-7H,1H2,2H3,(H,13,14)/t7-/m1/s1. The van der Waals surface area contributed by atoms with Crippen molar-refractivity contribution in [3.8, 4) is 0 Å². The van der Waals surface area contributed by atoms with Crippen LogP contribution in [0.25, 0.3) is 0 Å². The Hall–Kier alpha value is -1.71. The molecule has 0 bridgehead atoms. The minimum atomic E-state index is -0.415. The molecule has 1 atom stereocenters. The summed E-state index contributed by atoms with van der Waals surface area (Å²) in [6.45, 7) is 5.07. The Morgan fingerprint density at radius 3 is 3.00 bits per heavy atom. The van der Waals surface area contributed by atoms with E-state index in [0.717, 1.165) is 6.20 Å². The van der Waals surface area contributed by atoms with Crippen LogP contribution in [0.15, 0.2) is 31.1 Å². The maximum Gasteiger partial charge on any atom is 0.243 e. The molecule has 1 rings (SSSR count). The van der Waals surface area contributed by atoms with Gasteiger partial charge in [-0.3, -0.25) is 9.78 Å². The summed E-state index contributed by atoms with van der Waals surface area (Å²) in [6.07, 6.45) is 3.80. The predicted octanol–water partition coefficient (Wildman–Crippen LogP) is 1.58. The number of nitrogens with zero attached hydrogens (tertiary/aromatic N) is 1. The van der Waals surface area contributed by atoms with Crippen molar-refractivity contribution in [1.82, 2.24) is 10.3 Å². The fourth-order valence-electron chi connectivity index (χ4n) is 1.02. The van der Waals surface area contributed by atoms with E-state index in [4.69, 9.17) is 0 Å². The number of carbonyl (C=O) groups is 1. The first kappa shape index (κ1) is 10.4. The van der Waals surface area contributed by atoms with E-state index in [2.05, 4.69) is 16.9 Å². The zero-order valence-corrected chi connectivity index (χ0v) is 7.83. The van der Waals surface area contributed by atoms with Crippen LogP contribution in [0, 0.1) is 5.82 Å². The summed E-state index contributed by atoms with van der Waals surface area (Å²) in [4.78, 5) is 14.6. The van der Waals surface area contributed by atoms with Crippen molar-refractivity contribution in [3.05, 3.63) is 42.5 Å². The van der Waals surface area contributed by atoms with Gasteiger partial charge >= 0.3 is 0 Å². The van der Waals surface area contributed by atoms with E-state index < -0.39 is 5.82 Å².